The van der Waals surface area contributed by atoms with Gasteiger partial charge >= 0.3 is 0 Å². The van der Waals surface area contributed by atoms with E-state index in [1.54, 1.807) is 19.1 Å². The molecule has 1 aliphatic rings. The fourth-order valence-electron chi connectivity index (χ4n) is 3.32. The lowest BCUT2D eigenvalue weighted by Crippen LogP contribution is -2.49. The minimum Gasteiger partial charge on any atom is -0.490 e. The molecule has 0 bridgehead atoms. The van der Waals surface area contributed by atoms with E-state index in [-0.39, 0.29) is 18.4 Å². The van der Waals surface area contributed by atoms with Gasteiger partial charge in [-0.15, -0.1) is 0 Å². The maximum absolute atomic E-state index is 12.5. The molecule has 1 atom stereocenters. The van der Waals surface area contributed by atoms with Crippen LogP contribution in [0.25, 0.3) is 0 Å². The van der Waals surface area contributed by atoms with Crippen molar-refractivity contribution in [1.82, 2.24) is 5.32 Å². The van der Waals surface area contributed by atoms with Crippen molar-refractivity contribution in [3.05, 3.63) is 48.0 Å². The van der Waals surface area contributed by atoms with Gasteiger partial charge in [-0.25, -0.2) is 0 Å². The summed E-state index contributed by atoms with van der Waals surface area (Å²) in [5.74, 6) is 1.58. The van der Waals surface area contributed by atoms with Crippen LogP contribution in [0, 0.1) is 0 Å². The lowest BCUT2D eigenvalue weighted by molar-refractivity contribution is -0.128. The van der Waals surface area contributed by atoms with Crippen molar-refractivity contribution < 1.29 is 23.8 Å². The summed E-state index contributed by atoms with van der Waals surface area (Å²) in [5, 5.41) is 2.89. The summed E-state index contributed by atoms with van der Waals surface area (Å²) in [7, 11) is 0. The number of nitrogens with zero attached hydrogens (tertiary/aromatic N) is 1. The van der Waals surface area contributed by atoms with Gasteiger partial charge in [-0.3, -0.25) is 14.5 Å². The zero-order valence-electron chi connectivity index (χ0n) is 17.6. The molecular formula is C23H28N2O5. The Balaban J connectivity index is 1.58. The summed E-state index contributed by atoms with van der Waals surface area (Å²) in [4.78, 5) is 26.5. The van der Waals surface area contributed by atoms with Crippen molar-refractivity contribution >= 4 is 17.5 Å². The lowest BCUT2D eigenvalue weighted by Gasteiger charge is -2.32. The summed E-state index contributed by atoms with van der Waals surface area (Å²) >= 11 is 0. The Bertz CT molecular complexity index is 899. The molecule has 0 saturated heterocycles. The zero-order valence-corrected chi connectivity index (χ0v) is 17.6. The normalized spacial score (nSPS) is 15.2. The number of nitrogens with one attached hydrogen (secondary N) is 1. The Morgan fingerprint density at radius 2 is 1.83 bits per heavy atom. The number of carbonyl (C=O) groups is 2. The molecule has 0 aromatic heterocycles. The number of anilines is 1. The van der Waals surface area contributed by atoms with E-state index in [1.165, 1.54) is 4.90 Å². The molecule has 0 fully saturated rings. The Labute approximate surface area is 176 Å². The van der Waals surface area contributed by atoms with E-state index in [0.717, 1.165) is 5.56 Å². The minimum absolute atomic E-state index is 0.0446. The van der Waals surface area contributed by atoms with E-state index in [9.17, 15) is 9.59 Å². The largest absolute Gasteiger partial charge is 0.490 e. The molecule has 1 aliphatic heterocycles. The van der Waals surface area contributed by atoms with Gasteiger partial charge in [0.1, 0.15) is 12.3 Å². The lowest BCUT2D eigenvalue weighted by atomic mass is 10.1. The van der Waals surface area contributed by atoms with Crippen molar-refractivity contribution in [2.75, 3.05) is 31.2 Å². The van der Waals surface area contributed by atoms with E-state index >= 15 is 0 Å². The van der Waals surface area contributed by atoms with Crippen LogP contribution in [0.15, 0.2) is 42.5 Å². The van der Waals surface area contributed by atoms with Crippen LogP contribution >= 0.6 is 0 Å². The first kappa shape index (κ1) is 21.5. The second kappa shape index (κ2) is 10.0. The van der Waals surface area contributed by atoms with Crippen LogP contribution in [0.1, 0.15) is 26.3 Å². The fraction of sp³-hybridized carbons (Fsp3) is 0.391. The second-order valence-electron chi connectivity index (χ2n) is 6.90. The van der Waals surface area contributed by atoms with Crippen LogP contribution in [0.4, 0.5) is 5.69 Å². The van der Waals surface area contributed by atoms with Crippen molar-refractivity contribution in [1.29, 1.82) is 0 Å². The van der Waals surface area contributed by atoms with Crippen LogP contribution in [0.3, 0.4) is 0 Å². The molecule has 3 rings (SSSR count). The highest BCUT2D eigenvalue weighted by atomic mass is 16.5. The van der Waals surface area contributed by atoms with E-state index in [1.807, 2.05) is 44.2 Å². The maximum Gasteiger partial charge on any atom is 0.268 e. The zero-order chi connectivity index (χ0) is 21.5. The predicted molar refractivity (Wildman–Crippen MR) is 114 cm³/mol. The average molecular weight is 412 g/mol. The van der Waals surface area contributed by atoms with Crippen LogP contribution in [0.2, 0.25) is 0 Å². The van der Waals surface area contributed by atoms with Gasteiger partial charge < -0.3 is 19.5 Å². The van der Waals surface area contributed by atoms with Gasteiger partial charge in [-0.2, -0.15) is 0 Å². The minimum atomic E-state index is -0.617. The van der Waals surface area contributed by atoms with Gasteiger partial charge in [-0.1, -0.05) is 18.2 Å². The van der Waals surface area contributed by atoms with E-state index in [2.05, 4.69) is 5.32 Å². The number of amides is 2. The quantitative estimate of drug-likeness (QED) is 0.685. The molecule has 160 valence electrons. The average Bonchev–Trinajstić information content (AvgIpc) is 2.73. The predicted octanol–water partition coefficient (Wildman–Crippen LogP) is 2.96. The number of hydrogen-bond acceptors (Lipinski definition) is 5. The molecule has 0 saturated carbocycles. The highest BCUT2D eigenvalue weighted by Crippen LogP contribution is 2.33. The third kappa shape index (κ3) is 5.03. The Morgan fingerprint density at radius 3 is 2.60 bits per heavy atom. The molecule has 2 aromatic carbocycles. The molecule has 1 N–H and O–H groups in total. The van der Waals surface area contributed by atoms with Gasteiger partial charge in [0.15, 0.2) is 17.6 Å². The van der Waals surface area contributed by atoms with Gasteiger partial charge in [0.2, 0.25) is 5.91 Å². The molecule has 0 radical (unpaired) electrons. The number of fused-ring (bicyclic) bond motifs is 1. The molecule has 2 amide bonds. The van der Waals surface area contributed by atoms with Crippen LogP contribution in [-0.4, -0.2) is 44.2 Å². The first-order valence-corrected chi connectivity index (χ1v) is 10.3. The van der Waals surface area contributed by atoms with Crippen molar-refractivity contribution in [3.8, 4) is 17.2 Å². The number of carbonyl (C=O) groups excluding carboxylic acids is 2. The monoisotopic (exact) mass is 412 g/mol. The third-order valence-electron chi connectivity index (χ3n) is 4.72. The summed E-state index contributed by atoms with van der Waals surface area (Å²) in [6, 6.07) is 13.0. The summed E-state index contributed by atoms with van der Waals surface area (Å²) in [5.41, 5.74) is 1.65. The van der Waals surface area contributed by atoms with Crippen LogP contribution in [-0.2, 0) is 16.0 Å². The van der Waals surface area contributed by atoms with Crippen molar-refractivity contribution in [3.63, 3.8) is 0 Å². The van der Waals surface area contributed by atoms with Gasteiger partial charge in [0.05, 0.1) is 18.9 Å². The standard InChI is InChI=1S/C23H28N2O5/c1-4-28-20-11-10-17(14-21(20)29-5-2)12-13-24-22(26)15-25-18-8-6-7-9-19(18)30-16(3)23(25)27/h6-11,14,16H,4-5,12-13,15H2,1-3H3,(H,24,26). The Morgan fingerprint density at radius 1 is 1.10 bits per heavy atom. The Kier molecular flexibility index (Phi) is 7.17. The molecule has 7 heteroatoms. The van der Waals surface area contributed by atoms with E-state index < -0.39 is 6.10 Å². The number of para-hydroxylation sites is 2. The number of benzene rings is 2. The topological polar surface area (TPSA) is 77.1 Å². The molecule has 2 aromatic rings. The SMILES string of the molecule is CCOc1ccc(CCNC(=O)CN2C(=O)C(C)Oc3ccccc32)cc1OCC. The number of hydrogen-bond donors (Lipinski definition) is 1. The molecule has 7 nitrogen and oxygen atoms in total. The fourth-order valence-corrected chi connectivity index (χ4v) is 3.32. The number of ether oxygens (including phenoxy) is 3. The molecule has 1 heterocycles. The van der Waals surface area contributed by atoms with Gasteiger partial charge in [0, 0.05) is 6.54 Å². The first-order chi connectivity index (χ1) is 14.5. The summed E-state index contributed by atoms with van der Waals surface area (Å²) in [6.07, 6.45) is 0.0240. The maximum atomic E-state index is 12.5. The Hall–Kier alpha value is -3.22. The van der Waals surface area contributed by atoms with Gasteiger partial charge in [0.25, 0.3) is 5.91 Å². The third-order valence-corrected chi connectivity index (χ3v) is 4.72. The van der Waals surface area contributed by atoms with E-state index in [0.29, 0.717) is 49.1 Å². The molecule has 1 unspecified atom stereocenters. The summed E-state index contributed by atoms with van der Waals surface area (Å²) < 4.78 is 16.8. The summed E-state index contributed by atoms with van der Waals surface area (Å²) in [6.45, 7) is 7.06. The van der Waals surface area contributed by atoms with Crippen molar-refractivity contribution in [2.24, 2.45) is 0 Å². The molecular weight excluding hydrogens is 384 g/mol. The second-order valence-corrected chi connectivity index (χ2v) is 6.90. The van der Waals surface area contributed by atoms with Gasteiger partial charge in [-0.05, 0) is 57.0 Å². The smallest absolute Gasteiger partial charge is 0.268 e. The van der Waals surface area contributed by atoms with Crippen LogP contribution < -0.4 is 24.4 Å². The molecule has 0 aliphatic carbocycles. The van der Waals surface area contributed by atoms with E-state index in [4.69, 9.17) is 14.2 Å². The molecule has 0 spiro atoms. The molecule has 30 heavy (non-hydrogen) atoms. The van der Waals surface area contributed by atoms with Crippen molar-refractivity contribution in [2.45, 2.75) is 33.3 Å². The number of rotatable bonds is 9. The highest BCUT2D eigenvalue weighted by Gasteiger charge is 2.32. The first-order valence-electron chi connectivity index (χ1n) is 10.3. The highest BCUT2D eigenvalue weighted by molar-refractivity contribution is 6.03. The van der Waals surface area contributed by atoms with Crippen LogP contribution in [0.5, 0.6) is 17.2 Å².